The SMILES string of the molecule is O=C1CCCN1C1CCCN(CCn2cc[nH]c2=O)C1. The molecule has 2 aliphatic rings. The van der Waals surface area contributed by atoms with Crippen molar-refractivity contribution in [1.82, 2.24) is 19.4 Å². The van der Waals surface area contributed by atoms with Gasteiger partial charge in [0.2, 0.25) is 5.91 Å². The van der Waals surface area contributed by atoms with Crippen LogP contribution in [0.1, 0.15) is 25.7 Å². The summed E-state index contributed by atoms with van der Waals surface area (Å²) in [6, 6.07) is 0.377. The van der Waals surface area contributed by atoms with Gasteiger partial charge in [0.15, 0.2) is 0 Å². The minimum absolute atomic E-state index is 0.0479. The molecule has 0 bridgehead atoms. The van der Waals surface area contributed by atoms with Crippen molar-refractivity contribution in [2.75, 3.05) is 26.2 Å². The van der Waals surface area contributed by atoms with Crippen molar-refractivity contribution in [3.63, 3.8) is 0 Å². The van der Waals surface area contributed by atoms with Crippen molar-refractivity contribution in [1.29, 1.82) is 0 Å². The van der Waals surface area contributed by atoms with Crippen LogP contribution in [0.3, 0.4) is 0 Å². The largest absolute Gasteiger partial charge is 0.338 e. The predicted octanol–water partition coefficient (Wildman–Crippen LogP) is 0.263. The summed E-state index contributed by atoms with van der Waals surface area (Å²) in [7, 11) is 0. The van der Waals surface area contributed by atoms with Gasteiger partial charge in [-0.15, -0.1) is 0 Å². The Balaban J connectivity index is 1.54. The molecule has 0 saturated carbocycles. The van der Waals surface area contributed by atoms with Crippen molar-refractivity contribution in [3.8, 4) is 0 Å². The predicted molar refractivity (Wildman–Crippen MR) is 75.5 cm³/mol. The molecule has 0 aliphatic carbocycles. The normalized spacial score (nSPS) is 24.5. The first-order valence-electron chi connectivity index (χ1n) is 7.50. The van der Waals surface area contributed by atoms with Gasteiger partial charge in [0, 0.05) is 51.0 Å². The first-order valence-corrected chi connectivity index (χ1v) is 7.50. The fraction of sp³-hybridized carbons (Fsp3) is 0.714. The Hall–Kier alpha value is -1.56. The Labute approximate surface area is 118 Å². The van der Waals surface area contributed by atoms with Gasteiger partial charge in [0.05, 0.1) is 0 Å². The summed E-state index contributed by atoms with van der Waals surface area (Å²) in [5.41, 5.74) is -0.0479. The molecule has 1 amide bonds. The number of imidazole rings is 1. The molecule has 3 rings (SSSR count). The van der Waals surface area contributed by atoms with Crippen molar-refractivity contribution in [2.24, 2.45) is 0 Å². The van der Waals surface area contributed by atoms with Crippen molar-refractivity contribution < 1.29 is 4.79 Å². The van der Waals surface area contributed by atoms with E-state index in [-0.39, 0.29) is 5.69 Å². The lowest BCUT2D eigenvalue weighted by Crippen LogP contribution is -2.49. The molecule has 2 saturated heterocycles. The molecule has 0 radical (unpaired) electrons. The van der Waals surface area contributed by atoms with E-state index >= 15 is 0 Å². The number of aromatic amines is 1. The van der Waals surface area contributed by atoms with Gasteiger partial charge in [0.25, 0.3) is 0 Å². The topological polar surface area (TPSA) is 61.3 Å². The summed E-state index contributed by atoms with van der Waals surface area (Å²) in [4.78, 5) is 30.4. The Kier molecular flexibility index (Phi) is 3.91. The summed E-state index contributed by atoms with van der Waals surface area (Å²) >= 11 is 0. The fourth-order valence-electron chi connectivity index (χ4n) is 3.32. The van der Waals surface area contributed by atoms with E-state index in [4.69, 9.17) is 0 Å². The maximum absolute atomic E-state index is 11.8. The highest BCUT2D eigenvalue weighted by Gasteiger charge is 2.31. The number of carbonyl (C=O) groups excluding carboxylic acids is 1. The molecule has 1 unspecified atom stereocenters. The second-order valence-corrected chi connectivity index (χ2v) is 5.75. The maximum Gasteiger partial charge on any atom is 0.325 e. The van der Waals surface area contributed by atoms with Crippen LogP contribution in [-0.2, 0) is 11.3 Å². The lowest BCUT2D eigenvalue weighted by Gasteiger charge is -2.37. The number of hydrogen-bond acceptors (Lipinski definition) is 3. The molecule has 0 spiro atoms. The average Bonchev–Trinajstić information content (AvgIpc) is 3.05. The highest BCUT2D eigenvalue weighted by Crippen LogP contribution is 2.21. The van der Waals surface area contributed by atoms with Crippen molar-refractivity contribution in [3.05, 3.63) is 22.9 Å². The standard InChI is InChI=1S/C14H22N4O2/c19-13-4-2-7-18(13)12-3-1-6-16(11-12)9-10-17-8-5-15-14(17)20/h5,8,12H,1-4,6-7,9-11H2,(H,15,20). The summed E-state index contributed by atoms with van der Waals surface area (Å²) in [6.45, 7) is 4.52. The van der Waals surface area contributed by atoms with Gasteiger partial charge in [-0.1, -0.05) is 0 Å². The lowest BCUT2D eigenvalue weighted by atomic mass is 10.0. The number of H-pyrrole nitrogens is 1. The van der Waals surface area contributed by atoms with Gasteiger partial charge in [-0.3, -0.25) is 14.3 Å². The molecule has 2 aliphatic heterocycles. The third-order valence-corrected chi connectivity index (χ3v) is 4.41. The Morgan fingerprint density at radius 1 is 1.20 bits per heavy atom. The van der Waals surface area contributed by atoms with Crippen LogP contribution >= 0.6 is 0 Å². The van der Waals surface area contributed by atoms with Crippen LogP contribution in [0.15, 0.2) is 17.2 Å². The van der Waals surface area contributed by atoms with Crippen LogP contribution in [0.4, 0.5) is 0 Å². The summed E-state index contributed by atoms with van der Waals surface area (Å²) in [5.74, 6) is 0.318. The number of likely N-dealkylation sites (tertiary alicyclic amines) is 2. The Bertz CT molecular complexity index is 521. The second-order valence-electron chi connectivity index (χ2n) is 5.75. The van der Waals surface area contributed by atoms with Crippen LogP contribution in [0, 0.1) is 0 Å². The zero-order valence-corrected chi connectivity index (χ0v) is 11.8. The minimum Gasteiger partial charge on any atom is -0.338 e. The van der Waals surface area contributed by atoms with Gasteiger partial charge < -0.3 is 9.88 Å². The average molecular weight is 278 g/mol. The van der Waals surface area contributed by atoms with E-state index in [1.54, 1.807) is 17.0 Å². The van der Waals surface area contributed by atoms with Crippen molar-refractivity contribution >= 4 is 5.91 Å². The third-order valence-electron chi connectivity index (χ3n) is 4.41. The summed E-state index contributed by atoms with van der Waals surface area (Å²) in [6.07, 6.45) is 7.43. The van der Waals surface area contributed by atoms with E-state index < -0.39 is 0 Å². The molecule has 6 heteroatoms. The van der Waals surface area contributed by atoms with Crippen LogP contribution in [0.25, 0.3) is 0 Å². The molecule has 6 nitrogen and oxygen atoms in total. The molecule has 20 heavy (non-hydrogen) atoms. The Morgan fingerprint density at radius 2 is 2.10 bits per heavy atom. The van der Waals surface area contributed by atoms with Gasteiger partial charge in [-0.2, -0.15) is 0 Å². The van der Waals surface area contributed by atoms with Crippen LogP contribution in [-0.4, -0.2) is 57.5 Å². The van der Waals surface area contributed by atoms with E-state index in [9.17, 15) is 9.59 Å². The molecule has 3 heterocycles. The molecule has 1 atom stereocenters. The molecular formula is C14H22N4O2. The number of amides is 1. The van der Waals surface area contributed by atoms with E-state index in [1.165, 1.54) is 0 Å². The smallest absolute Gasteiger partial charge is 0.325 e. The zero-order valence-electron chi connectivity index (χ0n) is 11.8. The number of hydrogen-bond donors (Lipinski definition) is 1. The first kappa shape index (κ1) is 13.4. The van der Waals surface area contributed by atoms with E-state index in [1.807, 2.05) is 0 Å². The monoisotopic (exact) mass is 278 g/mol. The van der Waals surface area contributed by atoms with Gasteiger partial charge in [-0.05, 0) is 25.8 Å². The maximum atomic E-state index is 11.8. The number of aromatic nitrogens is 2. The number of nitrogens with zero attached hydrogens (tertiary/aromatic N) is 3. The highest BCUT2D eigenvalue weighted by molar-refractivity contribution is 5.78. The lowest BCUT2D eigenvalue weighted by molar-refractivity contribution is -0.130. The minimum atomic E-state index is -0.0479. The highest BCUT2D eigenvalue weighted by atomic mass is 16.2. The quantitative estimate of drug-likeness (QED) is 0.859. The number of rotatable bonds is 4. The molecular weight excluding hydrogens is 256 g/mol. The van der Waals surface area contributed by atoms with Crippen LogP contribution in [0.5, 0.6) is 0 Å². The van der Waals surface area contributed by atoms with E-state index in [0.717, 1.165) is 51.9 Å². The molecule has 110 valence electrons. The van der Waals surface area contributed by atoms with Crippen LogP contribution < -0.4 is 5.69 Å². The van der Waals surface area contributed by atoms with E-state index in [2.05, 4.69) is 14.8 Å². The van der Waals surface area contributed by atoms with Crippen LogP contribution in [0.2, 0.25) is 0 Å². The summed E-state index contributed by atoms with van der Waals surface area (Å²) < 4.78 is 1.70. The third kappa shape index (κ3) is 2.80. The molecule has 1 aromatic heterocycles. The first-order chi connectivity index (χ1) is 9.74. The molecule has 1 N–H and O–H groups in total. The fourth-order valence-corrected chi connectivity index (χ4v) is 3.32. The number of carbonyl (C=O) groups is 1. The second kappa shape index (κ2) is 5.83. The Morgan fingerprint density at radius 3 is 2.80 bits per heavy atom. The van der Waals surface area contributed by atoms with Gasteiger partial charge in [-0.25, -0.2) is 4.79 Å². The molecule has 0 aromatic carbocycles. The summed E-state index contributed by atoms with van der Waals surface area (Å²) in [5, 5.41) is 0. The number of nitrogens with one attached hydrogen (secondary N) is 1. The molecule has 1 aromatic rings. The zero-order chi connectivity index (χ0) is 13.9. The molecule has 2 fully saturated rings. The van der Waals surface area contributed by atoms with Gasteiger partial charge in [0.1, 0.15) is 0 Å². The van der Waals surface area contributed by atoms with E-state index in [0.29, 0.717) is 18.5 Å². The number of piperidine rings is 1. The van der Waals surface area contributed by atoms with Crippen molar-refractivity contribution in [2.45, 2.75) is 38.3 Å². The van der Waals surface area contributed by atoms with Gasteiger partial charge >= 0.3 is 5.69 Å².